The molecule has 0 amide bonds. The quantitative estimate of drug-likeness (QED) is 0.316. The van der Waals surface area contributed by atoms with E-state index < -0.39 is 0 Å². The maximum atomic E-state index is 2.58. The van der Waals surface area contributed by atoms with E-state index >= 15 is 0 Å². The van der Waals surface area contributed by atoms with Crippen LogP contribution in [0.15, 0.2) is 84.4 Å². The molecule has 3 heteroatoms. The molecule has 202 valence electrons. The van der Waals surface area contributed by atoms with E-state index in [1.807, 2.05) is 0 Å². The van der Waals surface area contributed by atoms with E-state index in [0.717, 1.165) is 0 Å². The zero-order valence-corrected chi connectivity index (χ0v) is 25.5. The molecule has 0 radical (unpaired) electrons. The topological polar surface area (TPSA) is 9.03 Å². The number of allylic oxidation sites excluding steroid dienone is 2. The van der Waals surface area contributed by atoms with Crippen molar-refractivity contribution in [3.8, 4) is 0 Å². The number of para-hydroxylation sites is 3. The summed E-state index contributed by atoms with van der Waals surface area (Å²) in [6.45, 7) is 14.5. The van der Waals surface area contributed by atoms with Gasteiger partial charge in [-0.1, -0.05) is 54.6 Å². The number of fused-ring (bicyclic) bond motifs is 3. The molecule has 1 saturated carbocycles. The van der Waals surface area contributed by atoms with Crippen LogP contribution < -0.4 is 0 Å². The largest absolute Gasteiger partial charge is 0.209 e. The highest BCUT2D eigenvalue weighted by atomic mass is 15.1. The molecule has 2 atom stereocenters. The van der Waals surface area contributed by atoms with Gasteiger partial charge in [0.25, 0.3) is 0 Å². The summed E-state index contributed by atoms with van der Waals surface area (Å²) in [6, 6.07) is 26.9. The third-order valence-corrected chi connectivity index (χ3v) is 10.7. The van der Waals surface area contributed by atoms with Gasteiger partial charge in [-0.3, -0.25) is 0 Å². The Morgan fingerprint density at radius 1 is 0.500 bits per heavy atom. The maximum Gasteiger partial charge on any atom is 0.209 e. The van der Waals surface area contributed by atoms with Gasteiger partial charge in [0.1, 0.15) is 21.1 Å². The molecule has 1 fully saturated rings. The molecule has 3 nitrogen and oxygen atoms in total. The molecule has 3 heterocycles. The smallest absolute Gasteiger partial charge is 0.201 e. The minimum atomic E-state index is -0.0501. The van der Waals surface area contributed by atoms with Gasteiger partial charge in [-0.15, -0.1) is 0 Å². The van der Waals surface area contributed by atoms with Crippen LogP contribution in [0.3, 0.4) is 0 Å². The number of hydrogen-bond donors (Lipinski definition) is 0. The third kappa shape index (κ3) is 3.09. The normalized spacial score (nSPS) is 24.9. The molecule has 4 aliphatic rings. The van der Waals surface area contributed by atoms with E-state index in [9.17, 15) is 0 Å². The monoisotopic (exact) mass is 528 g/mol. The Morgan fingerprint density at radius 3 is 1.23 bits per heavy atom. The van der Waals surface area contributed by atoms with Crippen molar-refractivity contribution in [2.45, 2.75) is 57.8 Å². The average Bonchev–Trinajstić information content (AvgIpc) is 3.43. The molecular formula is C37H42N3+3. The predicted molar refractivity (Wildman–Crippen MR) is 166 cm³/mol. The lowest BCUT2D eigenvalue weighted by Crippen LogP contribution is -2.35. The van der Waals surface area contributed by atoms with E-state index in [4.69, 9.17) is 0 Å². The molecule has 0 saturated heterocycles. The van der Waals surface area contributed by atoms with E-state index in [-0.39, 0.29) is 16.2 Å². The van der Waals surface area contributed by atoms with Crippen molar-refractivity contribution in [1.29, 1.82) is 0 Å². The van der Waals surface area contributed by atoms with Crippen LogP contribution in [0.4, 0.5) is 17.1 Å². The van der Waals surface area contributed by atoms with Gasteiger partial charge < -0.3 is 0 Å². The second kappa shape index (κ2) is 8.00. The Hall–Kier alpha value is -3.59. The van der Waals surface area contributed by atoms with Crippen molar-refractivity contribution in [1.82, 2.24) is 0 Å². The summed E-state index contributed by atoms with van der Waals surface area (Å²) >= 11 is 0. The Kier molecular flexibility index (Phi) is 5.07. The highest BCUT2D eigenvalue weighted by molar-refractivity contribution is 6.14. The molecule has 3 aliphatic heterocycles. The second-order valence-corrected chi connectivity index (χ2v) is 13.9. The highest BCUT2D eigenvalue weighted by Gasteiger charge is 2.67. The maximum absolute atomic E-state index is 2.58. The zero-order chi connectivity index (χ0) is 28.4. The summed E-state index contributed by atoms with van der Waals surface area (Å²) in [7, 11) is 6.82. The van der Waals surface area contributed by atoms with E-state index in [2.05, 4.69) is 155 Å². The van der Waals surface area contributed by atoms with Crippen LogP contribution >= 0.6 is 0 Å². The van der Waals surface area contributed by atoms with Crippen molar-refractivity contribution < 1.29 is 13.7 Å². The first kappa shape index (κ1) is 25.4. The lowest BCUT2D eigenvalue weighted by atomic mass is 9.76. The Bertz CT molecular complexity index is 1670. The van der Waals surface area contributed by atoms with Gasteiger partial charge in [0.05, 0.1) is 28.1 Å². The molecule has 7 rings (SSSR count). The summed E-state index contributed by atoms with van der Waals surface area (Å²) in [5, 5.41) is 0. The molecule has 40 heavy (non-hydrogen) atoms. The molecule has 0 N–H and O–H groups in total. The van der Waals surface area contributed by atoms with Crippen molar-refractivity contribution >= 4 is 34.2 Å². The lowest BCUT2D eigenvalue weighted by Gasteiger charge is -2.19. The fourth-order valence-electron chi connectivity index (χ4n) is 8.67. The molecular weight excluding hydrogens is 486 g/mol. The van der Waals surface area contributed by atoms with Crippen molar-refractivity contribution in [3.63, 3.8) is 0 Å². The van der Waals surface area contributed by atoms with Crippen LogP contribution in [-0.4, -0.2) is 52.0 Å². The summed E-state index contributed by atoms with van der Waals surface area (Å²) < 4.78 is 7.44. The number of nitrogens with zero attached hydrogens (tertiary/aromatic N) is 3. The van der Waals surface area contributed by atoms with E-state index in [1.54, 1.807) is 5.57 Å². The van der Waals surface area contributed by atoms with Crippen LogP contribution in [0.1, 0.15) is 58.2 Å². The van der Waals surface area contributed by atoms with Crippen LogP contribution in [0.2, 0.25) is 0 Å². The number of hydrogen-bond acceptors (Lipinski definition) is 0. The first-order valence-electron chi connectivity index (χ1n) is 14.7. The standard InChI is InChI=1S/C37H42N3/c1-35(2)24-16-10-13-19-27(24)38(7)30(35)22-23-31(33-36(3,4)25-17-11-14-20-28(25)39(33)8)32(23)34-37(5,6)26-18-12-15-21-29(26)40(34)9/h10-22,31-32H,1-9H3/q+3. The van der Waals surface area contributed by atoms with Gasteiger partial charge in [-0.05, 0) is 47.1 Å². The summed E-state index contributed by atoms with van der Waals surface area (Å²) in [5.41, 5.74) is 14.2. The fraction of sp³-hybridized carbons (Fsp3) is 0.378. The summed E-state index contributed by atoms with van der Waals surface area (Å²) in [5.74, 6) is 0.720. The lowest BCUT2D eigenvalue weighted by molar-refractivity contribution is -0.407. The second-order valence-electron chi connectivity index (χ2n) is 13.9. The molecule has 0 spiro atoms. The molecule has 0 bridgehead atoms. The fourth-order valence-corrected chi connectivity index (χ4v) is 8.67. The van der Waals surface area contributed by atoms with Crippen molar-refractivity contribution in [3.05, 3.63) is 101 Å². The van der Waals surface area contributed by atoms with Gasteiger partial charge in [-0.25, -0.2) is 9.15 Å². The van der Waals surface area contributed by atoms with Crippen LogP contribution in [0.25, 0.3) is 0 Å². The van der Waals surface area contributed by atoms with Gasteiger partial charge in [-0.2, -0.15) is 4.58 Å². The third-order valence-electron chi connectivity index (χ3n) is 10.7. The van der Waals surface area contributed by atoms with Crippen LogP contribution in [0, 0.1) is 11.8 Å². The van der Waals surface area contributed by atoms with E-state index in [1.165, 1.54) is 50.9 Å². The first-order chi connectivity index (χ1) is 18.9. The Morgan fingerprint density at radius 2 is 0.850 bits per heavy atom. The molecule has 3 aromatic carbocycles. The summed E-state index contributed by atoms with van der Waals surface area (Å²) in [6.07, 6.45) is 2.58. The van der Waals surface area contributed by atoms with Gasteiger partial charge >= 0.3 is 0 Å². The minimum absolute atomic E-state index is 0.0384. The van der Waals surface area contributed by atoms with Crippen molar-refractivity contribution in [2.24, 2.45) is 11.8 Å². The Labute approximate surface area is 239 Å². The summed E-state index contributed by atoms with van der Waals surface area (Å²) in [4.78, 5) is 0. The zero-order valence-electron chi connectivity index (χ0n) is 25.5. The van der Waals surface area contributed by atoms with Crippen molar-refractivity contribution in [2.75, 3.05) is 21.1 Å². The first-order valence-corrected chi connectivity index (χ1v) is 14.7. The minimum Gasteiger partial charge on any atom is -0.201 e. The van der Waals surface area contributed by atoms with E-state index in [0.29, 0.717) is 11.8 Å². The van der Waals surface area contributed by atoms with Crippen LogP contribution in [-0.2, 0) is 16.2 Å². The number of rotatable bonds is 3. The average molecular weight is 529 g/mol. The SMILES string of the molecule is C[N+]1=C(C=C2C(C3=[N+](C)c4ccccc4C3(C)C)C2C2=[N+](C)c3ccccc3C2(C)C)C(C)(C)c2ccccc21. The predicted octanol–water partition coefficient (Wildman–Crippen LogP) is 7.28. The van der Waals surface area contributed by atoms with Crippen LogP contribution in [0.5, 0.6) is 0 Å². The van der Waals surface area contributed by atoms with Gasteiger partial charge in [0.2, 0.25) is 17.1 Å². The highest BCUT2D eigenvalue weighted by Crippen LogP contribution is 2.59. The molecule has 3 aromatic rings. The molecule has 2 unspecified atom stereocenters. The van der Waals surface area contributed by atoms with Gasteiger partial charge in [0, 0.05) is 41.0 Å². The molecule has 1 aliphatic carbocycles. The molecule has 0 aromatic heterocycles. The van der Waals surface area contributed by atoms with Gasteiger partial charge in [0.15, 0.2) is 17.1 Å². The Balaban J connectivity index is 1.44. The number of benzene rings is 3.